The first-order valence-electron chi connectivity index (χ1n) is 8.00. The first-order chi connectivity index (χ1) is 11.8. The molecule has 0 aliphatic heterocycles. The highest BCUT2D eigenvalue weighted by Crippen LogP contribution is 2.30. The average molecular weight is 311 g/mol. The van der Waals surface area contributed by atoms with E-state index in [4.69, 9.17) is 0 Å². The van der Waals surface area contributed by atoms with Crippen molar-refractivity contribution in [1.82, 2.24) is 4.98 Å². The fraction of sp³-hybridized carbons (Fsp3) is 0.0455. The van der Waals surface area contributed by atoms with Gasteiger partial charge in [-0.1, -0.05) is 72.8 Å². The molecule has 0 fully saturated rings. The number of aliphatic hydroxyl groups excluding tert-OH is 1. The number of aliphatic hydroxyl groups is 1. The minimum absolute atomic E-state index is 0.630. The van der Waals surface area contributed by atoms with Crippen molar-refractivity contribution in [3.05, 3.63) is 102 Å². The van der Waals surface area contributed by atoms with Crippen molar-refractivity contribution in [2.75, 3.05) is 0 Å². The van der Waals surface area contributed by atoms with Crippen LogP contribution in [0.15, 0.2) is 91.1 Å². The maximum Gasteiger partial charge on any atom is 0.104 e. The van der Waals surface area contributed by atoms with Gasteiger partial charge < -0.3 is 5.11 Å². The first kappa shape index (κ1) is 14.6. The zero-order chi connectivity index (χ0) is 16.4. The lowest BCUT2D eigenvalue weighted by atomic mass is 9.96. The Balaban J connectivity index is 1.80. The molecule has 0 amide bonds. The highest BCUT2D eigenvalue weighted by Gasteiger charge is 2.12. The van der Waals surface area contributed by atoms with Crippen molar-refractivity contribution in [3.8, 4) is 11.1 Å². The summed E-state index contributed by atoms with van der Waals surface area (Å²) >= 11 is 0. The van der Waals surface area contributed by atoms with Gasteiger partial charge in [0.15, 0.2) is 0 Å². The molecule has 0 spiro atoms. The number of benzene rings is 3. The van der Waals surface area contributed by atoms with Gasteiger partial charge in [-0.05, 0) is 28.8 Å². The third-order valence-corrected chi connectivity index (χ3v) is 4.26. The van der Waals surface area contributed by atoms with E-state index in [-0.39, 0.29) is 0 Å². The summed E-state index contributed by atoms with van der Waals surface area (Å²) in [6.45, 7) is 0. The van der Waals surface area contributed by atoms with Gasteiger partial charge in [-0.3, -0.25) is 4.98 Å². The molecule has 4 aromatic rings. The molecule has 4 rings (SSSR count). The molecule has 1 heterocycles. The van der Waals surface area contributed by atoms with Crippen molar-refractivity contribution in [2.24, 2.45) is 0 Å². The molecular formula is C22H17NO. The standard InChI is InChI=1S/C22H17NO/c24-22(17-7-2-1-3-8-17)19-11-4-10-18(15-19)20-13-5-9-16-12-6-14-23-21(16)20/h1-15,22,24H. The first-order valence-corrected chi connectivity index (χ1v) is 8.00. The Hall–Kier alpha value is -2.97. The van der Waals surface area contributed by atoms with Crippen molar-refractivity contribution in [2.45, 2.75) is 6.10 Å². The number of para-hydroxylation sites is 1. The summed E-state index contributed by atoms with van der Waals surface area (Å²) in [6.07, 6.45) is 1.18. The number of hydrogen-bond acceptors (Lipinski definition) is 2. The van der Waals surface area contributed by atoms with Gasteiger partial charge >= 0.3 is 0 Å². The normalized spacial score (nSPS) is 12.2. The third kappa shape index (κ3) is 2.68. The molecule has 0 bridgehead atoms. The van der Waals surface area contributed by atoms with Crippen LogP contribution in [0.25, 0.3) is 22.0 Å². The van der Waals surface area contributed by atoms with E-state index >= 15 is 0 Å². The van der Waals surface area contributed by atoms with Crippen LogP contribution in [0, 0.1) is 0 Å². The smallest absolute Gasteiger partial charge is 0.104 e. The number of aromatic nitrogens is 1. The van der Waals surface area contributed by atoms with Gasteiger partial charge in [-0.2, -0.15) is 0 Å². The van der Waals surface area contributed by atoms with Crippen molar-refractivity contribution in [1.29, 1.82) is 0 Å². The van der Waals surface area contributed by atoms with Crippen LogP contribution in [0.3, 0.4) is 0 Å². The van der Waals surface area contributed by atoms with E-state index in [0.29, 0.717) is 0 Å². The second kappa shape index (κ2) is 6.26. The SMILES string of the molecule is OC(c1ccccc1)c1cccc(-c2cccc3cccnc23)c1. The fourth-order valence-corrected chi connectivity index (χ4v) is 3.04. The molecule has 3 aromatic carbocycles. The van der Waals surface area contributed by atoms with E-state index in [1.807, 2.05) is 66.9 Å². The van der Waals surface area contributed by atoms with Gasteiger partial charge in [0.2, 0.25) is 0 Å². The molecule has 0 radical (unpaired) electrons. The quantitative estimate of drug-likeness (QED) is 0.578. The topological polar surface area (TPSA) is 33.1 Å². The van der Waals surface area contributed by atoms with Gasteiger partial charge in [0, 0.05) is 17.1 Å². The van der Waals surface area contributed by atoms with Crippen molar-refractivity contribution < 1.29 is 5.11 Å². The second-order valence-corrected chi connectivity index (χ2v) is 5.82. The Morgan fingerprint density at radius 1 is 0.708 bits per heavy atom. The van der Waals surface area contributed by atoms with Crippen LogP contribution in [-0.4, -0.2) is 10.1 Å². The Labute approximate surface area is 141 Å². The summed E-state index contributed by atoms with van der Waals surface area (Å²) < 4.78 is 0. The third-order valence-electron chi connectivity index (χ3n) is 4.26. The second-order valence-electron chi connectivity index (χ2n) is 5.82. The van der Waals surface area contributed by atoms with Gasteiger partial charge in [0.1, 0.15) is 6.10 Å². The maximum atomic E-state index is 10.7. The molecule has 0 saturated carbocycles. The summed E-state index contributed by atoms with van der Waals surface area (Å²) in [4.78, 5) is 4.53. The van der Waals surface area contributed by atoms with Crippen molar-refractivity contribution >= 4 is 10.9 Å². The number of rotatable bonds is 3. The van der Waals surface area contributed by atoms with E-state index in [9.17, 15) is 5.11 Å². The van der Waals surface area contributed by atoms with E-state index < -0.39 is 6.10 Å². The highest BCUT2D eigenvalue weighted by molar-refractivity contribution is 5.93. The number of fused-ring (bicyclic) bond motifs is 1. The lowest BCUT2D eigenvalue weighted by Gasteiger charge is -2.13. The molecular weight excluding hydrogens is 294 g/mol. The van der Waals surface area contributed by atoms with Crippen LogP contribution in [0.4, 0.5) is 0 Å². The molecule has 0 saturated heterocycles. The Kier molecular flexibility index (Phi) is 3.81. The van der Waals surface area contributed by atoms with Crippen LogP contribution in [-0.2, 0) is 0 Å². The van der Waals surface area contributed by atoms with Gasteiger partial charge in [0.05, 0.1) is 5.52 Å². The van der Waals surface area contributed by atoms with Crippen molar-refractivity contribution in [3.63, 3.8) is 0 Å². The summed E-state index contributed by atoms with van der Waals surface area (Å²) in [5, 5.41) is 11.8. The predicted molar refractivity (Wildman–Crippen MR) is 97.7 cm³/mol. The zero-order valence-corrected chi connectivity index (χ0v) is 13.1. The molecule has 2 nitrogen and oxygen atoms in total. The molecule has 0 aliphatic carbocycles. The zero-order valence-electron chi connectivity index (χ0n) is 13.1. The molecule has 24 heavy (non-hydrogen) atoms. The fourth-order valence-electron chi connectivity index (χ4n) is 3.04. The summed E-state index contributed by atoms with van der Waals surface area (Å²) in [7, 11) is 0. The van der Waals surface area contributed by atoms with Crippen LogP contribution < -0.4 is 0 Å². The van der Waals surface area contributed by atoms with E-state index in [1.54, 1.807) is 0 Å². The van der Waals surface area contributed by atoms with Gasteiger partial charge in [-0.15, -0.1) is 0 Å². The molecule has 1 unspecified atom stereocenters. The lowest BCUT2D eigenvalue weighted by molar-refractivity contribution is 0.220. The number of nitrogens with zero attached hydrogens (tertiary/aromatic N) is 1. The Morgan fingerprint density at radius 3 is 2.33 bits per heavy atom. The van der Waals surface area contributed by atoms with Crippen LogP contribution in [0.2, 0.25) is 0 Å². The van der Waals surface area contributed by atoms with Gasteiger partial charge in [-0.25, -0.2) is 0 Å². The van der Waals surface area contributed by atoms with E-state index in [0.717, 1.165) is 33.2 Å². The van der Waals surface area contributed by atoms with E-state index in [2.05, 4.69) is 29.2 Å². The molecule has 1 N–H and O–H groups in total. The highest BCUT2D eigenvalue weighted by atomic mass is 16.3. The summed E-state index contributed by atoms with van der Waals surface area (Å²) in [5.41, 5.74) is 4.89. The monoisotopic (exact) mass is 311 g/mol. The minimum atomic E-state index is -0.630. The Bertz CT molecular complexity index is 974. The minimum Gasteiger partial charge on any atom is -0.384 e. The predicted octanol–water partition coefficient (Wildman–Crippen LogP) is 4.98. The largest absolute Gasteiger partial charge is 0.384 e. The number of hydrogen-bond donors (Lipinski definition) is 1. The molecule has 1 aromatic heterocycles. The lowest BCUT2D eigenvalue weighted by Crippen LogP contribution is -1.99. The van der Waals surface area contributed by atoms with Crippen LogP contribution in [0.5, 0.6) is 0 Å². The summed E-state index contributed by atoms with van der Waals surface area (Å²) in [5.74, 6) is 0. The number of pyridine rings is 1. The molecule has 116 valence electrons. The maximum absolute atomic E-state index is 10.7. The molecule has 0 aliphatic rings. The molecule has 1 atom stereocenters. The summed E-state index contributed by atoms with van der Waals surface area (Å²) in [6, 6.07) is 28.0. The van der Waals surface area contributed by atoms with Gasteiger partial charge in [0.25, 0.3) is 0 Å². The Morgan fingerprint density at radius 2 is 1.46 bits per heavy atom. The average Bonchev–Trinajstić information content (AvgIpc) is 2.68. The van der Waals surface area contributed by atoms with Crippen LogP contribution in [0.1, 0.15) is 17.2 Å². The van der Waals surface area contributed by atoms with Crippen LogP contribution >= 0.6 is 0 Å². The molecule has 2 heteroatoms. The van der Waals surface area contributed by atoms with E-state index in [1.165, 1.54) is 0 Å².